The van der Waals surface area contributed by atoms with Gasteiger partial charge in [-0.3, -0.25) is 4.21 Å². The lowest BCUT2D eigenvalue weighted by atomic mass is 10.4. The first-order chi connectivity index (χ1) is 6.33. The van der Waals surface area contributed by atoms with Gasteiger partial charge >= 0.3 is 0 Å². The lowest BCUT2D eigenvalue weighted by Gasteiger charge is -2.00. The van der Waals surface area contributed by atoms with Crippen LogP contribution in [0.3, 0.4) is 0 Å². The fourth-order valence-corrected chi connectivity index (χ4v) is 1.62. The van der Waals surface area contributed by atoms with Gasteiger partial charge in [-0.2, -0.15) is 0 Å². The van der Waals surface area contributed by atoms with Gasteiger partial charge < -0.3 is 9.73 Å². The summed E-state index contributed by atoms with van der Waals surface area (Å²) in [4.78, 5) is 0. The number of hydrogen-bond acceptors (Lipinski definition) is 3. The van der Waals surface area contributed by atoms with Gasteiger partial charge in [0.2, 0.25) is 0 Å². The Labute approximate surface area is 81.0 Å². The second-order valence-corrected chi connectivity index (χ2v) is 4.55. The molecule has 13 heavy (non-hydrogen) atoms. The molecule has 4 heteroatoms. The molecule has 1 unspecified atom stereocenters. The molecule has 74 valence electrons. The fraction of sp³-hybridized carbons (Fsp3) is 0.556. The summed E-state index contributed by atoms with van der Waals surface area (Å²) in [6.45, 7) is 3.43. The van der Waals surface area contributed by atoms with Crippen LogP contribution in [0.5, 0.6) is 0 Å². The second-order valence-electron chi connectivity index (χ2n) is 2.69. The first-order valence-corrected chi connectivity index (χ1v) is 5.89. The Morgan fingerprint density at radius 3 is 3.08 bits per heavy atom. The van der Waals surface area contributed by atoms with Crippen molar-refractivity contribution in [3.63, 3.8) is 0 Å². The molecule has 0 aromatic carbocycles. The molecule has 1 heterocycles. The Morgan fingerprint density at radius 2 is 2.46 bits per heavy atom. The Hall–Kier alpha value is -0.610. The molecule has 3 nitrogen and oxygen atoms in total. The van der Waals surface area contributed by atoms with E-state index in [1.54, 1.807) is 6.26 Å². The van der Waals surface area contributed by atoms with Crippen molar-refractivity contribution in [3.05, 3.63) is 24.2 Å². The van der Waals surface area contributed by atoms with Crippen molar-refractivity contribution in [2.75, 3.05) is 18.1 Å². The largest absolute Gasteiger partial charge is 0.468 e. The summed E-state index contributed by atoms with van der Waals surface area (Å²) in [6.07, 6.45) is 1.65. The maximum Gasteiger partial charge on any atom is 0.117 e. The topological polar surface area (TPSA) is 42.2 Å². The van der Waals surface area contributed by atoms with Gasteiger partial charge in [-0.05, 0) is 12.1 Å². The van der Waals surface area contributed by atoms with Gasteiger partial charge in [-0.1, -0.05) is 6.92 Å². The van der Waals surface area contributed by atoms with Crippen molar-refractivity contribution in [1.29, 1.82) is 0 Å². The van der Waals surface area contributed by atoms with E-state index < -0.39 is 10.8 Å². The third-order valence-electron chi connectivity index (χ3n) is 1.71. The Bertz CT molecular complexity index is 246. The highest BCUT2D eigenvalue weighted by Gasteiger charge is 1.96. The molecule has 1 rings (SSSR count). The van der Waals surface area contributed by atoms with Gasteiger partial charge in [-0.25, -0.2) is 0 Å². The van der Waals surface area contributed by atoms with Gasteiger partial charge in [0.1, 0.15) is 5.76 Å². The lowest BCUT2D eigenvalue weighted by Crippen LogP contribution is -2.20. The van der Waals surface area contributed by atoms with E-state index in [2.05, 4.69) is 5.32 Å². The zero-order valence-corrected chi connectivity index (χ0v) is 8.60. The SMILES string of the molecule is CCS(=O)CCNCc1ccco1. The molecule has 1 aromatic rings. The number of nitrogens with one attached hydrogen (secondary N) is 1. The summed E-state index contributed by atoms with van der Waals surface area (Å²) in [6, 6.07) is 3.78. The highest BCUT2D eigenvalue weighted by atomic mass is 32.2. The van der Waals surface area contributed by atoms with Crippen LogP contribution in [0.25, 0.3) is 0 Å². The van der Waals surface area contributed by atoms with E-state index in [-0.39, 0.29) is 0 Å². The fourth-order valence-electron chi connectivity index (χ4n) is 0.955. The molecule has 0 aliphatic rings. The lowest BCUT2D eigenvalue weighted by molar-refractivity contribution is 0.488. The normalized spacial score (nSPS) is 13.0. The highest BCUT2D eigenvalue weighted by Crippen LogP contribution is 1.97. The monoisotopic (exact) mass is 201 g/mol. The highest BCUT2D eigenvalue weighted by molar-refractivity contribution is 7.84. The van der Waals surface area contributed by atoms with E-state index >= 15 is 0 Å². The molecule has 0 saturated heterocycles. The van der Waals surface area contributed by atoms with Crippen LogP contribution in [0.4, 0.5) is 0 Å². The van der Waals surface area contributed by atoms with Gasteiger partial charge in [0.25, 0.3) is 0 Å². The average Bonchev–Trinajstić information content (AvgIpc) is 2.64. The minimum Gasteiger partial charge on any atom is -0.468 e. The first kappa shape index (κ1) is 10.5. The standard InChI is InChI=1S/C9H15NO2S/c1-2-13(11)7-5-10-8-9-4-3-6-12-9/h3-4,6,10H,2,5,7-8H2,1H3. The number of hydrogen-bond donors (Lipinski definition) is 1. The zero-order chi connectivity index (χ0) is 9.52. The van der Waals surface area contributed by atoms with Crippen LogP contribution in [-0.2, 0) is 17.3 Å². The second kappa shape index (κ2) is 5.94. The molecule has 1 atom stereocenters. The van der Waals surface area contributed by atoms with E-state index in [1.807, 2.05) is 19.1 Å². The van der Waals surface area contributed by atoms with Crippen LogP contribution in [0.1, 0.15) is 12.7 Å². The van der Waals surface area contributed by atoms with Gasteiger partial charge in [0.05, 0.1) is 12.8 Å². The maximum absolute atomic E-state index is 11.0. The maximum atomic E-state index is 11.0. The predicted octanol–water partition coefficient (Wildman–Crippen LogP) is 1.14. The van der Waals surface area contributed by atoms with Crippen molar-refractivity contribution < 1.29 is 8.63 Å². The van der Waals surface area contributed by atoms with Crippen LogP contribution >= 0.6 is 0 Å². The van der Waals surface area contributed by atoms with Crippen LogP contribution < -0.4 is 5.32 Å². The molecule has 0 fully saturated rings. The summed E-state index contributed by atoms with van der Waals surface area (Å²) in [5.41, 5.74) is 0. The summed E-state index contributed by atoms with van der Waals surface area (Å²) in [5, 5.41) is 3.17. The van der Waals surface area contributed by atoms with E-state index in [4.69, 9.17) is 4.42 Å². The summed E-state index contributed by atoms with van der Waals surface area (Å²) < 4.78 is 16.1. The molecule has 1 N–H and O–H groups in total. The molecule has 0 aliphatic carbocycles. The third-order valence-corrected chi connectivity index (χ3v) is 3.01. The molecule has 0 saturated carbocycles. The summed E-state index contributed by atoms with van der Waals surface area (Å²) in [7, 11) is -0.668. The molecule has 0 bridgehead atoms. The number of furan rings is 1. The molecule has 0 radical (unpaired) electrons. The first-order valence-electron chi connectivity index (χ1n) is 4.41. The van der Waals surface area contributed by atoms with Crippen molar-refractivity contribution >= 4 is 10.8 Å². The van der Waals surface area contributed by atoms with Crippen LogP contribution in [0.2, 0.25) is 0 Å². The quantitative estimate of drug-likeness (QED) is 0.702. The molecule has 0 spiro atoms. The van der Waals surface area contributed by atoms with Crippen molar-refractivity contribution in [2.45, 2.75) is 13.5 Å². The number of rotatable bonds is 6. The molecular weight excluding hydrogens is 186 g/mol. The van der Waals surface area contributed by atoms with Crippen molar-refractivity contribution in [2.24, 2.45) is 0 Å². The van der Waals surface area contributed by atoms with Gasteiger partial charge in [0.15, 0.2) is 0 Å². The van der Waals surface area contributed by atoms with E-state index in [0.29, 0.717) is 6.54 Å². The van der Waals surface area contributed by atoms with Crippen LogP contribution in [0.15, 0.2) is 22.8 Å². The average molecular weight is 201 g/mol. The van der Waals surface area contributed by atoms with E-state index in [0.717, 1.165) is 23.8 Å². The minimum absolute atomic E-state index is 0.668. The zero-order valence-electron chi connectivity index (χ0n) is 7.79. The van der Waals surface area contributed by atoms with Gasteiger partial charge in [-0.15, -0.1) is 0 Å². The predicted molar refractivity (Wildman–Crippen MR) is 54.0 cm³/mol. The van der Waals surface area contributed by atoms with Crippen molar-refractivity contribution in [1.82, 2.24) is 5.32 Å². The third kappa shape index (κ3) is 4.24. The molecule has 0 aliphatic heterocycles. The van der Waals surface area contributed by atoms with Gasteiger partial charge in [0, 0.05) is 28.9 Å². The molecular formula is C9H15NO2S. The summed E-state index contributed by atoms with van der Waals surface area (Å²) in [5.74, 6) is 2.38. The van der Waals surface area contributed by atoms with Crippen LogP contribution in [-0.4, -0.2) is 22.3 Å². The smallest absolute Gasteiger partial charge is 0.117 e. The Morgan fingerprint density at radius 1 is 1.62 bits per heavy atom. The Balaban J connectivity index is 2.05. The Kier molecular flexibility index (Phi) is 4.78. The van der Waals surface area contributed by atoms with E-state index in [1.165, 1.54) is 0 Å². The molecule has 1 aromatic heterocycles. The summed E-state index contributed by atoms with van der Waals surface area (Å²) >= 11 is 0. The minimum atomic E-state index is -0.668. The van der Waals surface area contributed by atoms with Crippen molar-refractivity contribution in [3.8, 4) is 0 Å². The van der Waals surface area contributed by atoms with Crippen LogP contribution in [0, 0.1) is 0 Å². The molecule has 0 amide bonds. The van der Waals surface area contributed by atoms with E-state index in [9.17, 15) is 4.21 Å².